The van der Waals surface area contributed by atoms with Gasteiger partial charge in [0.25, 0.3) is 0 Å². The molecule has 0 saturated carbocycles. The number of nitrogens with one attached hydrogen (secondary N) is 1. The molecule has 3 heterocycles. The van der Waals surface area contributed by atoms with E-state index in [2.05, 4.69) is 25.2 Å². The number of amides is 1. The van der Waals surface area contributed by atoms with Crippen molar-refractivity contribution in [3.8, 4) is 11.3 Å². The number of pyridine rings is 1. The van der Waals surface area contributed by atoms with Gasteiger partial charge in [-0.25, -0.2) is 9.97 Å². The number of rotatable bonds is 12. The van der Waals surface area contributed by atoms with Gasteiger partial charge >= 0.3 is 0 Å². The third-order valence-corrected chi connectivity index (χ3v) is 7.81. The van der Waals surface area contributed by atoms with Crippen LogP contribution < -0.4 is 16.0 Å². The normalized spacial score (nSPS) is 14.8. The molecule has 0 aliphatic carbocycles. The van der Waals surface area contributed by atoms with Crippen LogP contribution in [0.15, 0.2) is 48.9 Å². The summed E-state index contributed by atoms with van der Waals surface area (Å²) in [7, 11) is 0. The summed E-state index contributed by atoms with van der Waals surface area (Å²) in [5.41, 5.74) is 10.3. The third-order valence-electron chi connectivity index (χ3n) is 7.81. The molecule has 1 aromatic carbocycles. The Bertz CT molecular complexity index is 1400. The summed E-state index contributed by atoms with van der Waals surface area (Å²) in [4.78, 5) is 53.5. The van der Waals surface area contributed by atoms with Crippen molar-refractivity contribution in [2.45, 2.75) is 53.0 Å². The van der Waals surface area contributed by atoms with E-state index >= 15 is 0 Å². The first-order valence-electron chi connectivity index (χ1n) is 14.5. The van der Waals surface area contributed by atoms with Crippen molar-refractivity contribution in [3.63, 3.8) is 0 Å². The van der Waals surface area contributed by atoms with E-state index in [0.717, 1.165) is 35.5 Å². The third kappa shape index (κ3) is 7.76. The lowest BCUT2D eigenvalue weighted by atomic mass is 9.96. The van der Waals surface area contributed by atoms with Gasteiger partial charge in [-0.1, -0.05) is 45.0 Å². The molecule has 1 aliphatic heterocycles. The standard InChI is InChI=1S/C32H40N6O4/c1-20(2)21(3)32(41)36-22(4)28(39)10-7-23-5-8-24(9-6-23)26-19-35-31(33)30(37-26)29(40)17-25-18-34-12-11-27(25)38-13-15-42-16-14-38/h5-6,8-9,11-12,18-22H,7,10,13-17H2,1-4H3,(H2,33,35)(H,36,41)/t21-,22-/m0/s1. The summed E-state index contributed by atoms with van der Waals surface area (Å²) in [6, 6.07) is 9.02. The maximum Gasteiger partial charge on any atom is 0.223 e. The molecule has 222 valence electrons. The minimum atomic E-state index is -0.532. The molecule has 3 N–H and O–H groups in total. The van der Waals surface area contributed by atoms with Crippen molar-refractivity contribution in [1.82, 2.24) is 20.3 Å². The molecule has 1 fully saturated rings. The molecule has 1 amide bonds. The van der Waals surface area contributed by atoms with Crippen LogP contribution in [0, 0.1) is 11.8 Å². The van der Waals surface area contributed by atoms with Crippen molar-refractivity contribution < 1.29 is 19.1 Å². The molecule has 2 aromatic heterocycles. The summed E-state index contributed by atoms with van der Waals surface area (Å²) in [5, 5.41) is 2.83. The Morgan fingerprint density at radius 3 is 2.43 bits per heavy atom. The van der Waals surface area contributed by atoms with Crippen LogP contribution in [0.3, 0.4) is 0 Å². The molecule has 3 aromatic rings. The van der Waals surface area contributed by atoms with Gasteiger partial charge in [0.2, 0.25) is 5.91 Å². The predicted octanol–water partition coefficient (Wildman–Crippen LogP) is 3.68. The number of carbonyl (C=O) groups is 3. The van der Waals surface area contributed by atoms with Crippen LogP contribution in [0.5, 0.6) is 0 Å². The maximum absolute atomic E-state index is 13.3. The molecule has 4 rings (SSSR count). The van der Waals surface area contributed by atoms with Gasteiger partial charge in [-0.05, 0) is 30.9 Å². The summed E-state index contributed by atoms with van der Waals surface area (Å²) < 4.78 is 5.46. The Kier molecular flexibility index (Phi) is 10.4. The number of Topliss-reactive ketones (excluding diaryl/α,β-unsaturated/α-hetero) is 2. The maximum atomic E-state index is 13.3. The van der Waals surface area contributed by atoms with Gasteiger partial charge in [0.15, 0.2) is 17.4 Å². The van der Waals surface area contributed by atoms with E-state index in [0.29, 0.717) is 31.7 Å². The van der Waals surface area contributed by atoms with Crippen LogP contribution in [-0.2, 0) is 27.2 Å². The van der Waals surface area contributed by atoms with E-state index in [4.69, 9.17) is 10.5 Å². The first-order valence-corrected chi connectivity index (χ1v) is 14.5. The van der Waals surface area contributed by atoms with Crippen molar-refractivity contribution in [2.24, 2.45) is 11.8 Å². The molecule has 10 heteroatoms. The Morgan fingerprint density at radius 1 is 1.02 bits per heavy atom. The number of aromatic nitrogens is 3. The zero-order valence-corrected chi connectivity index (χ0v) is 24.8. The van der Waals surface area contributed by atoms with Crippen LogP contribution in [0.4, 0.5) is 11.5 Å². The lowest BCUT2D eigenvalue weighted by Gasteiger charge is -2.30. The molecular formula is C32H40N6O4. The number of nitrogen functional groups attached to an aromatic ring is 1. The number of morpholine rings is 1. The monoisotopic (exact) mass is 572 g/mol. The van der Waals surface area contributed by atoms with Gasteiger partial charge < -0.3 is 20.7 Å². The molecular weight excluding hydrogens is 532 g/mol. The highest BCUT2D eigenvalue weighted by molar-refractivity contribution is 6.00. The lowest BCUT2D eigenvalue weighted by molar-refractivity contribution is -0.130. The fourth-order valence-electron chi connectivity index (χ4n) is 4.72. The second kappa shape index (κ2) is 14.1. The number of nitrogens with two attached hydrogens (primary N) is 1. The lowest BCUT2D eigenvalue weighted by Crippen LogP contribution is -2.42. The largest absolute Gasteiger partial charge is 0.382 e. The summed E-state index contributed by atoms with van der Waals surface area (Å²) in [6.07, 6.45) is 5.95. The van der Waals surface area contributed by atoms with Gasteiger partial charge in [-0.2, -0.15) is 0 Å². The van der Waals surface area contributed by atoms with Crippen molar-refractivity contribution >= 4 is 29.0 Å². The Hall–Kier alpha value is -4.18. The highest BCUT2D eigenvalue weighted by Gasteiger charge is 2.22. The molecule has 1 aliphatic rings. The van der Waals surface area contributed by atoms with Gasteiger partial charge in [0, 0.05) is 61.1 Å². The van der Waals surface area contributed by atoms with E-state index in [1.54, 1.807) is 25.5 Å². The average Bonchev–Trinajstić information content (AvgIpc) is 3.00. The van der Waals surface area contributed by atoms with Crippen molar-refractivity contribution in [2.75, 3.05) is 36.9 Å². The van der Waals surface area contributed by atoms with Crippen LogP contribution in [-0.4, -0.2) is 64.8 Å². The number of nitrogens with zero attached hydrogens (tertiary/aromatic N) is 4. The Labute approximate surface area is 247 Å². The second-order valence-electron chi connectivity index (χ2n) is 11.1. The zero-order chi connectivity index (χ0) is 30.2. The first kappa shape index (κ1) is 30.8. The molecule has 42 heavy (non-hydrogen) atoms. The van der Waals surface area contributed by atoms with Crippen LogP contribution in [0.2, 0.25) is 0 Å². The number of hydrogen-bond donors (Lipinski definition) is 2. The molecule has 0 unspecified atom stereocenters. The topological polar surface area (TPSA) is 140 Å². The average molecular weight is 573 g/mol. The van der Waals surface area contributed by atoms with Crippen LogP contribution in [0.25, 0.3) is 11.3 Å². The number of benzene rings is 1. The number of carbonyl (C=O) groups excluding carboxylic acids is 3. The van der Waals surface area contributed by atoms with E-state index < -0.39 is 6.04 Å². The van der Waals surface area contributed by atoms with Gasteiger partial charge in [0.05, 0.1) is 31.1 Å². The fourth-order valence-corrected chi connectivity index (χ4v) is 4.72. The highest BCUT2D eigenvalue weighted by atomic mass is 16.5. The van der Waals surface area contributed by atoms with E-state index in [1.165, 1.54) is 0 Å². The Balaban J connectivity index is 1.39. The highest BCUT2D eigenvalue weighted by Crippen LogP contribution is 2.24. The molecule has 10 nitrogen and oxygen atoms in total. The van der Waals surface area contributed by atoms with E-state index in [9.17, 15) is 14.4 Å². The Morgan fingerprint density at radius 2 is 1.74 bits per heavy atom. The van der Waals surface area contributed by atoms with E-state index in [-0.39, 0.29) is 47.2 Å². The molecule has 0 spiro atoms. The quantitative estimate of drug-likeness (QED) is 0.311. The van der Waals surface area contributed by atoms with Crippen molar-refractivity contribution in [1.29, 1.82) is 0 Å². The zero-order valence-electron chi connectivity index (χ0n) is 24.8. The molecule has 1 saturated heterocycles. The van der Waals surface area contributed by atoms with Gasteiger partial charge in [-0.15, -0.1) is 0 Å². The minimum absolute atomic E-state index is 0.0127. The van der Waals surface area contributed by atoms with E-state index in [1.807, 2.05) is 51.1 Å². The van der Waals surface area contributed by atoms with Crippen LogP contribution >= 0.6 is 0 Å². The van der Waals surface area contributed by atoms with Gasteiger partial charge in [0.1, 0.15) is 5.69 Å². The molecule has 0 radical (unpaired) electrons. The molecule has 0 bridgehead atoms. The summed E-state index contributed by atoms with van der Waals surface area (Å²) in [6.45, 7) is 10.3. The number of aryl methyl sites for hydroxylation is 1. The van der Waals surface area contributed by atoms with Gasteiger partial charge in [-0.3, -0.25) is 19.4 Å². The second-order valence-corrected chi connectivity index (χ2v) is 11.1. The minimum Gasteiger partial charge on any atom is -0.382 e. The summed E-state index contributed by atoms with van der Waals surface area (Å²) >= 11 is 0. The fraction of sp³-hybridized carbons (Fsp3) is 0.438. The smallest absolute Gasteiger partial charge is 0.223 e. The molecule has 2 atom stereocenters. The number of ketones is 2. The predicted molar refractivity (Wildman–Crippen MR) is 162 cm³/mol. The number of anilines is 2. The summed E-state index contributed by atoms with van der Waals surface area (Å²) in [5.74, 6) is -0.205. The SMILES string of the molecule is CC(C)[C@H](C)C(=O)N[C@@H](C)C(=O)CCc1ccc(-c2cnc(N)c(C(=O)Cc3cnccc3N3CCOCC3)n2)cc1. The van der Waals surface area contributed by atoms with Crippen molar-refractivity contribution in [3.05, 3.63) is 65.7 Å². The number of ether oxygens (including phenoxy) is 1. The number of hydrogen-bond acceptors (Lipinski definition) is 9. The first-order chi connectivity index (χ1) is 20.1. The van der Waals surface area contributed by atoms with Crippen LogP contribution in [0.1, 0.15) is 55.7 Å².